The van der Waals surface area contributed by atoms with Crippen LogP contribution in [-0.4, -0.2) is 59.1 Å². The van der Waals surface area contributed by atoms with Crippen LogP contribution in [0.15, 0.2) is 6.33 Å². The lowest BCUT2D eigenvalue weighted by atomic mass is 10.1. The molecule has 2 rings (SSSR count). The predicted molar refractivity (Wildman–Crippen MR) is 76.5 cm³/mol. The summed E-state index contributed by atoms with van der Waals surface area (Å²) in [6, 6.07) is 0.00648. The van der Waals surface area contributed by atoms with E-state index in [-0.39, 0.29) is 24.6 Å². The van der Waals surface area contributed by atoms with Crippen molar-refractivity contribution in [3.05, 3.63) is 12.2 Å². The fourth-order valence-corrected chi connectivity index (χ4v) is 2.13. The molecular formula is C12H20N4O5S. The topological polar surface area (TPSA) is 104 Å². The molecule has 22 heavy (non-hydrogen) atoms. The Hall–Kier alpha value is -1.68. The lowest BCUT2D eigenvalue weighted by Gasteiger charge is -2.39. The van der Waals surface area contributed by atoms with Gasteiger partial charge in [-0.15, -0.1) is 0 Å². The normalized spacial score (nSPS) is 16.5. The second-order valence-corrected chi connectivity index (χ2v) is 7.79. The molecule has 0 spiro atoms. The van der Waals surface area contributed by atoms with Gasteiger partial charge in [-0.25, -0.2) is 14.5 Å². The van der Waals surface area contributed by atoms with Crippen molar-refractivity contribution in [1.82, 2.24) is 19.7 Å². The third-order valence-electron chi connectivity index (χ3n) is 2.85. The van der Waals surface area contributed by atoms with Crippen LogP contribution in [0, 0.1) is 0 Å². The van der Waals surface area contributed by atoms with Crippen molar-refractivity contribution < 1.29 is 22.1 Å². The molecule has 0 atom stereocenters. The Morgan fingerprint density at radius 2 is 2.05 bits per heavy atom. The molecule has 1 aliphatic rings. The van der Waals surface area contributed by atoms with Gasteiger partial charge in [-0.05, 0) is 20.8 Å². The van der Waals surface area contributed by atoms with Gasteiger partial charge < -0.3 is 9.64 Å². The highest BCUT2D eigenvalue weighted by atomic mass is 32.2. The molecule has 0 saturated carbocycles. The molecule has 0 radical (unpaired) electrons. The highest BCUT2D eigenvalue weighted by molar-refractivity contribution is 7.85. The van der Waals surface area contributed by atoms with Crippen molar-refractivity contribution >= 4 is 16.2 Å². The third kappa shape index (κ3) is 4.67. The lowest BCUT2D eigenvalue weighted by molar-refractivity contribution is -0.000512. The molecular weight excluding hydrogens is 312 g/mol. The number of rotatable bonds is 4. The van der Waals surface area contributed by atoms with Crippen LogP contribution < -0.4 is 0 Å². The van der Waals surface area contributed by atoms with Crippen LogP contribution in [0.3, 0.4) is 0 Å². The summed E-state index contributed by atoms with van der Waals surface area (Å²) in [6.45, 7) is 6.19. The van der Waals surface area contributed by atoms with Crippen LogP contribution in [-0.2, 0) is 25.6 Å². The second kappa shape index (κ2) is 5.84. The second-order valence-electron chi connectivity index (χ2n) is 6.15. The maximum atomic E-state index is 11.8. The van der Waals surface area contributed by atoms with Gasteiger partial charge in [0.05, 0.1) is 12.3 Å². The van der Waals surface area contributed by atoms with Crippen LogP contribution in [0.4, 0.5) is 4.79 Å². The van der Waals surface area contributed by atoms with Gasteiger partial charge in [-0.1, -0.05) is 0 Å². The first-order valence-electron chi connectivity index (χ1n) is 6.76. The molecule has 1 aromatic rings. The maximum absolute atomic E-state index is 11.8. The van der Waals surface area contributed by atoms with Crippen LogP contribution in [0.2, 0.25) is 0 Å². The Morgan fingerprint density at radius 3 is 2.59 bits per heavy atom. The molecule has 1 saturated heterocycles. The van der Waals surface area contributed by atoms with E-state index >= 15 is 0 Å². The third-order valence-corrected chi connectivity index (χ3v) is 3.39. The van der Waals surface area contributed by atoms with Crippen molar-refractivity contribution in [3.63, 3.8) is 0 Å². The van der Waals surface area contributed by atoms with Crippen LogP contribution in [0.1, 0.15) is 32.6 Å². The number of nitrogens with zero attached hydrogens (tertiary/aromatic N) is 4. The summed E-state index contributed by atoms with van der Waals surface area (Å²) >= 11 is 0. The quantitative estimate of drug-likeness (QED) is 0.741. The molecule has 0 bridgehead atoms. The standard InChI is InChI=1S/C12H20N4O5S/c1-12(2,3)21-11(17)15-5-9(6-15)16-8-13-10(14-16)7-20-22(4,18)19/h8-9H,5-7H2,1-4H3. The van der Waals surface area contributed by atoms with E-state index < -0.39 is 15.7 Å². The van der Waals surface area contributed by atoms with E-state index in [2.05, 4.69) is 14.3 Å². The van der Waals surface area contributed by atoms with Crippen molar-refractivity contribution in [1.29, 1.82) is 0 Å². The SMILES string of the molecule is CC(C)(C)OC(=O)N1CC(n2cnc(COS(C)(=O)=O)n2)C1. The molecule has 124 valence electrons. The van der Waals surface area contributed by atoms with E-state index in [9.17, 15) is 13.2 Å². The highest BCUT2D eigenvalue weighted by Crippen LogP contribution is 2.22. The number of ether oxygens (including phenoxy) is 1. The van der Waals surface area contributed by atoms with E-state index in [4.69, 9.17) is 4.74 Å². The molecule has 0 N–H and O–H groups in total. The zero-order valence-corrected chi connectivity index (χ0v) is 13.8. The van der Waals surface area contributed by atoms with E-state index in [1.807, 2.05) is 20.8 Å². The average molecular weight is 332 g/mol. The van der Waals surface area contributed by atoms with Gasteiger partial charge in [0.2, 0.25) is 0 Å². The molecule has 10 heteroatoms. The van der Waals surface area contributed by atoms with Gasteiger partial charge >= 0.3 is 6.09 Å². The number of hydrogen-bond acceptors (Lipinski definition) is 7. The molecule has 0 unspecified atom stereocenters. The van der Waals surface area contributed by atoms with E-state index in [1.54, 1.807) is 9.58 Å². The predicted octanol–water partition coefficient (Wildman–Crippen LogP) is 0.546. The summed E-state index contributed by atoms with van der Waals surface area (Å²) in [6.07, 6.45) is 2.11. The molecule has 0 aromatic carbocycles. The van der Waals surface area contributed by atoms with E-state index in [0.29, 0.717) is 13.1 Å². The van der Waals surface area contributed by atoms with E-state index in [0.717, 1.165) is 6.26 Å². The molecule has 1 fully saturated rings. The lowest BCUT2D eigenvalue weighted by Crippen LogP contribution is -2.52. The van der Waals surface area contributed by atoms with Crippen molar-refractivity contribution in [2.24, 2.45) is 0 Å². The van der Waals surface area contributed by atoms with Crippen molar-refractivity contribution in [2.75, 3.05) is 19.3 Å². The van der Waals surface area contributed by atoms with Crippen molar-refractivity contribution in [3.8, 4) is 0 Å². The minimum absolute atomic E-state index is 0.00648. The number of aromatic nitrogens is 3. The number of hydrogen-bond donors (Lipinski definition) is 0. The largest absolute Gasteiger partial charge is 0.444 e. The van der Waals surface area contributed by atoms with Gasteiger partial charge in [-0.3, -0.25) is 4.18 Å². The first-order valence-corrected chi connectivity index (χ1v) is 8.57. The van der Waals surface area contributed by atoms with Crippen LogP contribution in [0.5, 0.6) is 0 Å². The zero-order chi connectivity index (χ0) is 16.5. The highest BCUT2D eigenvalue weighted by Gasteiger charge is 2.35. The Morgan fingerprint density at radius 1 is 1.41 bits per heavy atom. The first kappa shape index (κ1) is 16.7. The van der Waals surface area contributed by atoms with Gasteiger partial charge in [0, 0.05) is 13.1 Å². The van der Waals surface area contributed by atoms with Crippen molar-refractivity contribution in [2.45, 2.75) is 39.0 Å². The Labute approximate surface area is 129 Å². The fourth-order valence-electron chi connectivity index (χ4n) is 1.81. The molecule has 1 aliphatic heterocycles. The number of likely N-dealkylation sites (tertiary alicyclic amines) is 1. The monoisotopic (exact) mass is 332 g/mol. The maximum Gasteiger partial charge on any atom is 0.410 e. The van der Waals surface area contributed by atoms with Crippen LogP contribution in [0.25, 0.3) is 0 Å². The zero-order valence-electron chi connectivity index (χ0n) is 13.0. The summed E-state index contributed by atoms with van der Waals surface area (Å²) in [4.78, 5) is 17.4. The average Bonchev–Trinajstić information content (AvgIpc) is 2.69. The number of amides is 1. The molecule has 1 amide bonds. The first-order chi connectivity index (χ1) is 10.0. The van der Waals surface area contributed by atoms with E-state index in [1.165, 1.54) is 6.33 Å². The minimum Gasteiger partial charge on any atom is -0.444 e. The Balaban J connectivity index is 1.84. The summed E-state index contributed by atoms with van der Waals surface area (Å²) < 4.78 is 33.3. The molecule has 0 aliphatic carbocycles. The van der Waals surface area contributed by atoms with Gasteiger partial charge in [-0.2, -0.15) is 13.5 Å². The van der Waals surface area contributed by atoms with Gasteiger partial charge in [0.25, 0.3) is 10.1 Å². The van der Waals surface area contributed by atoms with Gasteiger partial charge in [0.1, 0.15) is 18.5 Å². The van der Waals surface area contributed by atoms with Crippen LogP contribution >= 0.6 is 0 Å². The smallest absolute Gasteiger partial charge is 0.410 e. The number of carbonyl (C=O) groups excluding carboxylic acids is 1. The van der Waals surface area contributed by atoms with Gasteiger partial charge in [0.15, 0.2) is 5.82 Å². The summed E-state index contributed by atoms with van der Waals surface area (Å²) in [5.41, 5.74) is -0.522. The summed E-state index contributed by atoms with van der Waals surface area (Å²) in [5, 5.41) is 4.14. The molecule has 9 nitrogen and oxygen atoms in total. The Kier molecular flexibility index (Phi) is 4.43. The minimum atomic E-state index is -3.52. The summed E-state index contributed by atoms with van der Waals surface area (Å²) in [7, 11) is -3.52. The molecule has 1 aromatic heterocycles. The number of carbonyl (C=O) groups is 1. The summed E-state index contributed by atoms with van der Waals surface area (Å²) in [5.74, 6) is 0.279. The Bertz CT molecular complexity index is 643. The fraction of sp³-hybridized carbons (Fsp3) is 0.750. The molecule has 2 heterocycles.